The van der Waals surface area contributed by atoms with Gasteiger partial charge in [-0.15, -0.1) is 22.9 Å². The molecule has 0 saturated carbocycles. The summed E-state index contributed by atoms with van der Waals surface area (Å²) >= 11 is 7.62. The van der Waals surface area contributed by atoms with Gasteiger partial charge in [-0.2, -0.15) is 0 Å². The summed E-state index contributed by atoms with van der Waals surface area (Å²) in [5, 5.41) is 6.49. The molecule has 0 aromatic carbocycles. The Morgan fingerprint density at radius 1 is 1.62 bits per heavy atom. The van der Waals surface area contributed by atoms with Crippen LogP contribution in [-0.2, 0) is 6.42 Å². The minimum atomic E-state index is 0.203. The zero-order valence-corrected chi connectivity index (χ0v) is 9.58. The maximum absolute atomic E-state index is 5.97. The zero-order valence-electron chi connectivity index (χ0n) is 8.01. The van der Waals surface area contributed by atoms with Crippen LogP contribution in [0.1, 0.15) is 26.0 Å². The van der Waals surface area contributed by atoms with Crippen LogP contribution in [-0.4, -0.2) is 16.9 Å². The van der Waals surface area contributed by atoms with Crippen molar-refractivity contribution in [2.75, 3.05) is 11.9 Å². The summed E-state index contributed by atoms with van der Waals surface area (Å²) in [6, 6.07) is 0. The molecule has 0 aliphatic carbocycles. The highest BCUT2D eigenvalue weighted by Gasteiger charge is 2.03. The van der Waals surface area contributed by atoms with E-state index in [4.69, 9.17) is 11.6 Å². The van der Waals surface area contributed by atoms with Gasteiger partial charge in [-0.1, -0.05) is 13.8 Å². The fraction of sp³-hybridized carbons (Fsp3) is 0.667. The molecule has 0 fully saturated rings. The Balaban J connectivity index is 2.36. The third-order valence-electron chi connectivity index (χ3n) is 1.83. The fourth-order valence-electron chi connectivity index (χ4n) is 0.893. The van der Waals surface area contributed by atoms with Gasteiger partial charge in [0.1, 0.15) is 0 Å². The van der Waals surface area contributed by atoms with Gasteiger partial charge < -0.3 is 5.32 Å². The van der Waals surface area contributed by atoms with E-state index in [-0.39, 0.29) is 5.38 Å². The first-order valence-corrected chi connectivity index (χ1v) is 5.90. The van der Waals surface area contributed by atoms with Crippen molar-refractivity contribution in [1.82, 2.24) is 4.98 Å². The summed E-state index contributed by atoms with van der Waals surface area (Å²) in [6.45, 7) is 4.99. The molecule has 1 aromatic heterocycles. The molecule has 13 heavy (non-hydrogen) atoms. The Hall–Kier alpha value is -0.280. The number of rotatable bonds is 5. The lowest BCUT2D eigenvalue weighted by atomic mass is 10.3. The molecule has 0 aliphatic rings. The molecule has 0 amide bonds. The largest absolute Gasteiger partial charge is 0.360 e. The van der Waals surface area contributed by atoms with E-state index in [0.29, 0.717) is 0 Å². The molecule has 4 heteroatoms. The number of halogens is 1. The van der Waals surface area contributed by atoms with Crippen molar-refractivity contribution < 1.29 is 0 Å². The van der Waals surface area contributed by atoms with E-state index in [1.807, 2.05) is 0 Å². The first-order chi connectivity index (χ1) is 6.26. The Bertz CT molecular complexity index is 250. The van der Waals surface area contributed by atoms with Crippen LogP contribution >= 0.6 is 22.9 Å². The van der Waals surface area contributed by atoms with E-state index in [1.165, 1.54) is 0 Å². The minimum absolute atomic E-state index is 0.203. The predicted octanol–water partition coefficient (Wildman–Crippen LogP) is 3.13. The lowest BCUT2D eigenvalue weighted by Crippen LogP contribution is -2.12. The van der Waals surface area contributed by atoms with Gasteiger partial charge in [-0.05, 0) is 12.8 Å². The summed E-state index contributed by atoms with van der Waals surface area (Å²) in [5.41, 5.74) is 1.15. The standard InChI is InChI=1S/C9H15ClN2S/c1-3-7(10)5-11-9-12-8(4-2)6-13-9/h6-7H,3-5H2,1-2H3,(H,11,12). The fourth-order valence-corrected chi connectivity index (χ4v) is 1.77. The average molecular weight is 219 g/mol. The molecule has 1 atom stereocenters. The molecule has 0 saturated heterocycles. The molecule has 0 aliphatic heterocycles. The molecule has 1 rings (SSSR count). The first-order valence-electron chi connectivity index (χ1n) is 4.58. The second kappa shape index (κ2) is 5.45. The normalized spacial score (nSPS) is 12.8. The van der Waals surface area contributed by atoms with Crippen molar-refractivity contribution in [3.63, 3.8) is 0 Å². The third-order valence-corrected chi connectivity index (χ3v) is 3.14. The smallest absolute Gasteiger partial charge is 0.182 e. The number of nitrogens with zero attached hydrogens (tertiary/aromatic N) is 1. The van der Waals surface area contributed by atoms with Crippen LogP contribution < -0.4 is 5.32 Å². The highest BCUT2D eigenvalue weighted by atomic mass is 35.5. The Morgan fingerprint density at radius 2 is 2.38 bits per heavy atom. The van der Waals surface area contributed by atoms with Crippen molar-refractivity contribution in [2.45, 2.75) is 32.1 Å². The van der Waals surface area contributed by atoms with Crippen LogP contribution in [0.5, 0.6) is 0 Å². The molecule has 1 unspecified atom stereocenters. The SMILES string of the molecule is CCc1csc(NCC(Cl)CC)n1. The van der Waals surface area contributed by atoms with E-state index in [2.05, 4.69) is 29.5 Å². The number of thiazole rings is 1. The highest BCUT2D eigenvalue weighted by molar-refractivity contribution is 7.13. The quantitative estimate of drug-likeness (QED) is 0.769. The summed E-state index contributed by atoms with van der Waals surface area (Å²) in [6.07, 6.45) is 1.98. The van der Waals surface area contributed by atoms with Gasteiger partial charge in [0.05, 0.1) is 11.1 Å². The molecule has 1 heterocycles. The first kappa shape index (κ1) is 10.8. The lowest BCUT2D eigenvalue weighted by Gasteiger charge is -2.06. The summed E-state index contributed by atoms with van der Waals surface area (Å²) < 4.78 is 0. The van der Waals surface area contributed by atoms with Crippen molar-refractivity contribution in [3.8, 4) is 0 Å². The second-order valence-electron chi connectivity index (χ2n) is 2.88. The molecular formula is C9H15ClN2S. The second-order valence-corrected chi connectivity index (χ2v) is 4.36. The average Bonchev–Trinajstić information content (AvgIpc) is 2.61. The lowest BCUT2D eigenvalue weighted by molar-refractivity contribution is 0.842. The Morgan fingerprint density at radius 3 is 2.92 bits per heavy atom. The molecule has 74 valence electrons. The molecular weight excluding hydrogens is 204 g/mol. The van der Waals surface area contributed by atoms with E-state index >= 15 is 0 Å². The Kier molecular flexibility index (Phi) is 4.53. The number of hydrogen-bond donors (Lipinski definition) is 1. The van der Waals surface area contributed by atoms with Crippen LogP contribution in [0.25, 0.3) is 0 Å². The molecule has 1 N–H and O–H groups in total. The van der Waals surface area contributed by atoms with E-state index in [9.17, 15) is 0 Å². The van der Waals surface area contributed by atoms with E-state index in [1.54, 1.807) is 11.3 Å². The van der Waals surface area contributed by atoms with Gasteiger partial charge in [-0.25, -0.2) is 4.98 Å². The molecule has 0 bridgehead atoms. The van der Waals surface area contributed by atoms with Crippen molar-refractivity contribution in [1.29, 1.82) is 0 Å². The number of anilines is 1. The van der Waals surface area contributed by atoms with Crippen molar-refractivity contribution in [2.24, 2.45) is 0 Å². The summed E-state index contributed by atoms with van der Waals surface area (Å²) in [4.78, 5) is 4.38. The number of hydrogen-bond acceptors (Lipinski definition) is 3. The van der Waals surface area contributed by atoms with Crippen molar-refractivity contribution >= 4 is 28.1 Å². The molecule has 2 nitrogen and oxygen atoms in total. The summed E-state index contributed by atoms with van der Waals surface area (Å²) in [7, 11) is 0. The zero-order chi connectivity index (χ0) is 9.68. The molecule has 0 radical (unpaired) electrons. The van der Waals surface area contributed by atoms with Gasteiger partial charge in [0.25, 0.3) is 0 Å². The van der Waals surface area contributed by atoms with E-state index < -0.39 is 0 Å². The number of aromatic nitrogens is 1. The van der Waals surface area contributed by atoms with Gasteiger partial charge in [0, 0.05) is 11.9 Å². The van der Waals surface area contributed by atoms with E-state index in [0.717, 1.165) is 30.2 Å². The molecule has 1 aromatic rings. The maximum Gasteiger partial charge on any atom is 0.182 e. The minimum Gasteiger partial charge on any atom is -0.360 e. The predicted molar refractivity (Wildman–Crippen MR) is 59.9 cm³/mol. The highest BCUT2D eigenvalue weighted by Crippen LogP contribution is 2.16. The number of nitrogens with one attached hydrogen (secondary N) is 1. The van der Waals surface area contributed by atoms with Gasteiger partial charge in [-0.3, -0.25) is 0 Å². The molecule has 0 spiro atoms. The van der Waals surface area contributed by atoms with Gasteiger partial charge in [0.2, 0.25) is 0 Å². The van der Waals surface area contributed by atoms with Gasteiger partial charge in [0.15, 0.2) is 5.13 Å². The van der Waals surface area contributed by atoms with Crippen LogP contribution in [0.2, 0.25) is 0 Å². The number of aryl methyl sites for hydroxylation is 1. The number of alkyl halides is 1. The van der Waals surface area contributed by atoms with Crippen molar-refractivity contribution in [3.05, 3.63) is 11.1 Å². The third kappa shape index (κ3) is 3.53. The maximum atomic E-state index is 5.97. The van der Waals surface area contributed by atoms with Crippen LogP contribution in [0.4, 0.5) is 5.13 Å². The van der Waals surface area contributed by atoms with Gasteiger partial charge >= 0.3 is 0 Å². The monoisotopic (exact) mass is 218 g/mol. The summed E-state index contributed by atoms with van der Waals surface area (Å²) in [5.74, 6) is 0. The van der Waals surface area contributed by atoms with Crippen LogP contribution in [0, 0.1) is 0 Å². The van der Waals surface area contributed by atoms with Crippen LogP contribution in [0.15, 0.2) is 5.38 Å². The Labute approximate surface area is 88.3 Å². The topological polar surface area (TPSA) is 24.9 Å². The van der Waals surface area contributed by atoms with Crippen LogP contribution in [0.3, 0.4) is 0 Å².